The Hall–Kier alpha value is -3.61. The van der Waals surface area contributed by atoms with Crippen molar-refractivity contribution in [2.75, 3.05) is 11.9 Å². The van der Waals surface area contributed by atoms with Crippen molar-refractivity contribution in [3.63, 3.8) is 0 Å². The lowest BCUT2D eigenvalue weighted by atomic mass is 9.79. The molecule has 1 aliphatic carbocycles. The number of benzene rings is 1. The highest BCUT2D eigenvalue weighted by atomic mass is 19.1. The first-order chi connectivity index (χ1) is 13.9. The predicted molar refractivity (Wildman–Crippen MR) is 101 cm³/mol. The van der Waals surface area contributed by atoms with E-state index in [0.29, 0.717) is 24.9 Å². The maximum absolute atomic E-state index is 13.1. The molecule has 152 valence electrons. The molecule has 9 nitrogen and oxygen atoms in total. The summed E-state index contributed by atoms with van der Waals surface area (Å²) in [5, 5.41) is 17.0. The molecule has 1 aliphatic rings. The Balaban J connectivity index is 1.79. The number of nitrogens with one attached hydrogen (secondary N) is 1. The van der Waals surface area contributed by atoms with Gasteiger partial charge in [0.25, 0.3) is 5.91 Å². The second-order valence-corrected chi connectivity index (χ2v) is 6.98. The van der Waals surface area contributed by atoms with Gasteiger partial charge in [-0.2, -0.15) is 10.4 Å². The number of halogens is 1. The van der Waals surface area contributed by atoms with Crippen LogP contribution in [0.3, 0.4) is 0 Å². The number of ether oxygens (including phenoxy) is 1. The van der Waals surface area contributed by atoms with Crippen LogP contribution < -0.4 is 16.8 Å². The number of hydrogen-bond donors (Lipinski definition) is 3. The Morgan fingerprint density at radius 1 is 1.31 bits per heavy atom. The molecule has 1 aromatic heterocycles. The molecule has 5 N–H and O–H groups in total. The van der Waals surface area contributed by atoms with E-state index in [1.54, 1.807) is 4.68 Å². The Morgan fingerprint density at radius 2 is 2.03 bits per heavy atom. The number of nitrogens with zero attached hydrogens (tertiary/aromatic N) is 3. The molecule has 1 heterocycles. The highest BCUT2D eigenvalue weighted by molar-refractivity contribution is 5.98. The Kier molecular flexibility index (Phi) is 5.97. The van der Waals surface area contributed by atoms with E-state index in [9.17, 15) is 19.2 Å². The van der Waals surface area contributed by atoms with E-state index in [4.69, 9.17) is 16.2 Å². The number of nitriles is 1. The van der Waals surface area contributed by atoms with E-state index < -0.39 is 12.0 Å². The minimum absolute atomic E-state index is 0.0337. The average Bonchev–Trinajstić information content (AvgIpc) is 3.11. The smallest absolute Gasteiger partial charge is 0.404 e. The zero-order chi connectivity index (χ0) is 21.0. The van der Waals surface area contributed by atoms with Gasteiger partial charge in [0.1, 0.15) is 11.4 Å². The Morgan fingerprint density at radius 3 is 2.66 bits per heavy atom. The minimum Gasteiger partial charge on any atom is -0.449 e. The van der Waals surface area contributed by atoms with Crippen molar-refractivity contribution in [1.82, 2.24) is 9.78 Å². The molecule has 2 amide bonds. The van der Waals surface area contributed by atoms with E-state index in [1.807, 2.05) is 0 Å². The van der Waals surface area contributed by atoms with Gasteiger partial charge in [0.2, 0.25) is 0 Å². The van der Waals surface area contributed by atoms with E-state index in [0.717, 1.165) is 0 Å². The monoisotopic (exact) mass is 400 g/mol. The third-order valence-corrected chi connectivity index (χ3v) is 4.99. The van der Waals surface area contributed by atoms with Gasteiger partial charge >= 0.3 is 6.09 Å². The maximum Gasteiger partial charge on any atom is 0.404 e. The molecule has 1 aromatic carbocycles. The minimum atomic E-state index is -0.838. The van der Waals surface area contributed by atoms with Crippen LogP contribution in [0.1, 0.15) is 35.7 Å². The molecule has 1 fully saturated rings. The first kappa shape index (κ1) is 20.1. The van der Waals surface area contributed by atoms with Crippen LogP contribution in [0.5, 0.6) is 0 Å². The number of nitrogens with two attached hydrogens (primary N) is 2. The van der Waals surface area contributed by atoms with Crippen molar-refractivity contribution in [2.45, 2.75) is 25.3 Å². The first-order valence-electron chi connectivity index (χ1n) is 9.10. The molecule has 3 unspecified atom stereocenters. The van der Waals surface area contributed by atoms with Gasteiger partial charge in [-0.05, 0) is 49.4 Å². The molecule has 0 aliphatic heterocycles. The van der Waals surface area contributed by atoms with Gasteiger partial charge in [-0.1, -0.05) is 0 Å². The molecule has 0 radical (unpaired) electrons. The van der Waals surface area contributed by atoms with Gasteiger partial charge in [0.15, 0.2) is 5.82 Å². The van der Waals surface area contributed by atoms with Crippen molar-refractivity contribution < 1.29 is 18.7 Å². The standard InChI is InChI=1S/C19H21FN6O3/c20-13-2-4-14(5-3-13)24-18-15(17(22)27)9-26(25-18)16-6-1-11(7-12(16)8-21)10-29-19(23)28/h2-5,9,11-12,16H,1,6-7,10H2,(H2,22,27)(H2,23,28)(H,24,25). The molecule has 10 heteroatoms. The number of aromatic nitrogens is 2. The van der Waals surface area contributed by atoms with Crippen LogP contribution in [0.25, 0.3) is 0 Å². The summed E-state index contributed by atoms with van der Waals surface area (Å²) in [6.07, 6.45) is 2.52. The first-order valence-corrected chi connectivity index (χ1v) is 9.10. The third kappa shape index (κ3) is 4.82. The molecule has 29 heavy (non-hydrogen) atoms. The van der Waals surface area contributed by atoms with Crippen molar-refractivity contribution in [3.05, 3.63) is 41.8 Å². The van der Waals surface area contributed by atoms with E-state index >= 15 is 0 Å². The molecule has 3 atom stereocenters. The van der Waals surface area contributed by atoms with Crippen molar-refractivity contribution in [2.24, 2.45) is 23.3 Å². The second kappa shape index (κ2) is 8.60. The number of hydrogen-bond acceptors (Lipinski definition) is 6. The van der Waals surface area contributed by atoms with Crippen LogP contribution in [-0.2, 0) is 4.74 Å². The highest BCUT2D eigenvalue weighted by Crippen LogP contribution is 2.37. The summed E-state index contributed by atoms with van der Waals surface area (Å²) in [6.45, 7) is 0.170. The fourth-order valence-electron chi connectivity index (χ4n) is 3.55. The maximum atomic E-state index is 13.1. The lowest BCUT2D eigenvalue weighted by Gasteiger charge is -2.32. The molecule has 0 saturated heterocycles. The van der Waals surface area contributed by atoms with E-state index in [1.165, 1.54) is 30.5 Å². The Bertz CT molecular complexity index is 936. The average molecular weight is 400 g/mol. The van der Waals surface area contributed by atoms with E-state index in [2.05, 4.69) is 16.5 Å². The zero-order valence-corrected chi connectivity index (χ0v) is 15.5. The predicted octanol–water partition coefficient (Wildman–Crippen LogP) is 2.44. The molecule has 3 rings (SSSR count). The summed E-state index contributed by atoms with van der Waals surface area (Å²) in [5.74, 6) is -1.17. The number of rotatable bonds is 6. The van der Waals surface area contributed by atoms with Crippen molar-refractivity contribution in [1.29, 1.82) is 5.26 Å². The lowest BCUT2D eigenvalue weighted by Crippen LogP contribution is -2.30. The number of carbonyl (C=O) groups is 2. The largest absolute Gasteiger partial charge is 0.449 e. The van der Waals surface area contributed by atoms with Gasteiger partial charge in [-0.15, -0.1) is 0 Å². The molecule has 0 spiro atoms. The Labute approximate surface area is 166 Å². The molecule has 1 saturated carbocycles. The molecule has 0 bridgehead atoms. The third-order valence-electron chi connectivity index (χ3n) is 4.99. The topological polar surface area (TPSA) is 149 Å². The summed E-state index contributed by atoms with van der Waals surface area (Å²) >= 11 is 0. The number of amides is 2. The summed E-state index contributed by atoms with van der Waals surface area (Å²) in [7, 11) is 0. The number of primary amides is 2. The van der Waals surface area contributed by atoms with Gasteiger partial charge in [0, 0.05) is 11.9 Å². The summed E-state index contributed by atoms with van der Waals surface area (Å²) in [4.78, 5) is 22.7. The molecular weight excluding hydrogens is 379 g/mol. The van der Waals surface area contributed by atoms with E-state index in [-0.39, 0.29) is 41.7 Å². The summed E-state index contributed by atoms with van der Waals surface area (Å²) in [6, 6.07) is 7.61. The van der Waals surface area contributed by atoms with Gasteiger partial charge in [-0.3, -0.25) is 9.48 Å². The lowest BCUT2D eigenvalue weighted by molar-refractivity contribution is 0.100. The van der Waals surface area contributed by atoms with Crippen LogP contribution >= 0.6 is 0 Å². The quantitative estimate of drug-likeness (QED) is 0.678. The van der Waals surface area contributed by atoms with Crippen LogP contribution in [0.4, 0.5) is 20.7 Å². The van der Waals surface area contributed by atoms with Gasteiger partial charge in [0.05, 0.1) is 24.6 Å². The van der Waals surface area contributed by atoms with Crippen LogP contribution in [-0.4, -0.2) is 28.4 Å². The van der Waals surface area contributed by atoms with Gasteiger partial charge < -0.3 is 21.5 Å². The highest BCUT2D eigenvalue weighted by Gasteiger charge is 2.33. The van der Waals surface area contributed by atoms with Crippen molar-refractivity contribution in [3.8, 4) is 6.07 Å². The normalized spacial score (nSPS) is 21.2. The molecular formula is C19H21FN6O3. The summed E-state index contributed by atoms with van der Waals surface area (Å²) in [5.41, 5.74) is 11.2. The SMILES string of the molecule is N#CC1CC(COC(N)=O)CCC1n1cc(C(N)=O)c(Nc2ccc(F)cc2)n1. The number of anilines is 2. The van der Waals surface area contributed by atoms with Crippen LogP contribution in [0.2, 0.25) is 0 Å². The fourth-order valence-corrected chi connectivity index (χ4v) is 3.55. The van der Waals surface area contributed by atoms with Crippen LogP contribution in [0, 0.1) is 29.0 Å². The fraction of sp³-hybridized carbons (Fsp3) is 0.368. The van der Waals surface area contributed by atoms with Gasteiger partial charge in [-0.25, -0.2) is 9.18 Å². The molecule has 2 aromatic rings. The second-order valence-electron chi connectivity index (χ2n) is 6.98. The van der Waals surface area contributed by atoms with Crippen molar-refractivity contribution >= 4 is 23.5 Å². The zero-order valence-electron chi connectivity index (χ0n) is 15.5. The van der Waals surface area contributed by atoms with Crippen LogP contribution in [0.15, 0.2) is 30.5 Å². The number of carbonyl (C=O) groups excluding carboxylic acids is 2. The summed E-state index contributed by atoms with van der Waals surface area (Å²) < 4.78 is 19.5.